The summed E-state index contributed by atoms with van der Waals surface area (Å²) in [5, 5.41) is 10.8. The van der Waals surface area contributed by atoms with E-state index in [0.29, 0.717) is 41.3 Å². The van der Waals surface area contributed by atoms with Crippen molar-refractivity contribution in [3.63, 3.8) is 0 Å². The zero-order valence-electron chi connectivity index (χ0n) is 87.5. The molecular formula is C127H158N2O4S8. The Labute approximate surface area is 877 Å². The third-order valence-corrected chi connectivity index (χ3v) is 44.2. The van der Waals surface area contributed by atoms with Crippen molar-refractivity contribution in [3.05, 3.63) is 215 Å². The Hall–Kier alpha value is -7.37. The number of amides is 4. The Kier molecular flexibility index (Phi) is 35.2. The van der Waals surface area contributed by atoms with Crippen molar-refractivity contribution in [2.24, 2.45) is 17.8 Å². The van der Waals surface area contributed by atoms with E-state index in [1.807, 2.05) is 56.7 Å². The maximum atomic E-state index is 16.5. The van der Waals surface area contributed by atoms with E-state index in [4.69, 9.17) is 0 Å². The number of hydrogen-bond donors (Lipinski definition) is 0. The first-order valence-corrected chi connectivity index (χ1v) is 62.1. The molecule has 3 aliphatic rings. The van der Waals surface area contributed by atoms with Crippen molar-refractivity contribution in [1.29, 1.82) is 0 Å². The van der Waals surface area contributed by atoms with E-state index in [-0.39, 0.29) is 29.0 Å². The van der Waals surface area contributed by atoms with Crippen molar-refractivity contribution in [2.45, 2.75) is 391 Å². The van der Waals surface area contributed by atoms with E-state index in [0.717, 1.165) is 200 Å². The smallest absolute Gasteiger partial charge is 0.271 e. The molecular weight excluding hydrogens is 1870 g/mol. The van der Waals surface area contributed by atoms with Gasteiger partial charge >= 0.3 is 0 Å². The molecule has 0 saturated carbocycles. The van der Waals surface area contributed by atoms with Crippen LogP contribution in [0.4, 0.5) is 0 Å². The van der Waals surface area contributed by atoms with Gasteiger partial charge in [0.25, 0.3) is 11.8 Å². The van der Waals surface area contributed by atoms with Gasteiger partial charge in [-0.2, -0.15) is 0 Å². The number of likely N-dealkylation sites (tertiary alicyclic amines) is 1. The summed E-state index contributed by atoms with van der Waals surface area (Å²) in [6, 6.07) is 57.5. The van der Waals surface area contributed by atoms with Crippen LogP contribution < -0.4 is 0 Å². The van der Waals surface area contributed by atoms with Crippen molar-refractivity contribution >= 4 is 177 Å². The molecule has 1 fully saturated rings. The van der Waals surface area contributed by atoms with Crippen LogP contribution in [0.15, 0.2) is 163 Å². The third-order valence-electron chi connectivity index (χ3n) is 33.5. The lowest BCUT2D eigenvalue weighted by atomic mass is 9.56. The molecule has 17 rings (SSSR count). The highest BCUT2D eigenvalue weighted by Crippen LogP contribution is 2.67. The topological polar surface area (TPSA) is 74.8 Å². The minimum absolute atomic E-state index is 0.00168. The van der Waals surface area contributed by atoms with E-state index in [1.54, 1.807) is 32.9 Å². The normalized spacial score (nSPS) is 16.8. The molecule has 141 heavy (non-hydrogen) atoms. The standard InChI is InChI=1S/C127H158N2O4S8/c1-16-27-34-38-40-50-77-128-120(130)108-106-115(139-116(108)122(128)132)113(141-118(106)124(14,73-48-36-29-18-3)88-56-44-42-45-57-88)100-81-95-104(98-70-64-90(134-98)79-84(24-9)54-31-20-5)111-96(105(110(95)136-100)99-71-65-91(135-99)80-85(25-10)55-32-21-6)82-101(137-111)127(72-23-8,76-33-22-7)125(15,74-49-37-30-19-4)119-107-109-117(123(133)129(121(109)131)78-51-41-39-35-28-17-2)138-114(107)112(140-119)93-67-61-86-62-68-94-97(69-63-87-60-66-92(93)102(86)103(87)94)126(26-11,75-52-53-83(12)13)89-58-46-43-47-59-89/h19,42-47,56-71,81-85,108,116H,4,16-18,20-41,48-55,72-80H2,1-3,5-15H3. The van der Waals surface area contributed by atoms with Crippen LogP contribution in [-0.2, 0) is 44.1 Å². The Bertz CT molecular complexity index is 6540. The van der Waals surface area contributed by atoms with Crippen LogP contribution in [0.3, 0.4) is 0 Å². The number of carbonyl (C=O) groups excluding carboxylic acids is 4. The molecule has 4 amide bonds. The second-order valence-corrected chi connectivity index (χ2v) is 51.8. The molecule has 7 aromatic heterocycles. The van der Waals surface area contributed by atoms with E-state index >= 15 is 19.2 Å². The SMILES string of the molecule is C=CCCCCC(C)(c1sc(-c2ccc3ccc4c(C(CC)(CCCC(C)C)c5ccccc5)ccc5ccc2c3c54)c2sc3c(c12)C(=O)N(CCCCCCCC)C3=O)C(CCC)(CCCC)c1cc2c(-c3ccc(CC(CC)CCCC)s3)c3sc(-c4sc(C(C)(CCCCCC)c5ccccc5)c5c4SC4C(=O)N(CCCCCCCC)C(=O)C54)cc3c(-c3ccc(CC(CC)CCCC)s3)c2s1. The molecule has 0 radical (unpaired) electrons. The molecule has 3 aliphatic heterocycles. The minimum atomic E-state index is -0.606. The highest BCUT2D eigenvalue weighted by atomic mass is 32.2. The molecule has 0 N–H and O–H groups in total. The number of allylic oxidation sites excluding steroid dienone is 1. The minimum Gasteiger partial charge on any atom is -0.281 e. The van der Waals surface area contributed by atoms with Crippen LogP contribution in [-0.4, -0.2) is 51.8 Å². The van der Waals surface area contributed by atoms with Gasteiger partial charge in [0.15, 0.2) is 0 Å². The molecule has 8 atom stereocenters. The summed E-state index contributed by atoms with van der Waals surface area (Å²) in [5.41, 5.74) is 7.92. The van der Waals surface area contributed by atoms with Gasteiger partial charge in [-0.05, 0) is 186 Å². The molecule has 14 heteroatoms. The summed E-state index contributed by atoms with van der Waals surface area (Å²) >= 11 is 15.4. The maximum Gasteiger partial charge on any atom is 0.271 e. The number of fused-ring (bicyclic) bond motifs is 8. The van der Waals surface area contributed by atoms with Crippen molar-refractivity contribution in [3.8, 4) is 41.1 Å². The van der Waals surface area contributed by atoms with E-state index in [9.17, 15) is 0 Å². The lowest BCUT2D eigenvalue weighted by Crippen LogP contribution is -2.47. The molecule has 0 bridgehead atoms. The summed E-state index contributed by atoms with van der Waals surface area (Å²) < 4.78 is 3.73. The molecule has 748 valence electrons. The first kappa shape index (κ1) is 105. The van der Waals surface area contributed by atoms with Crippen molar-refractivity contribution in [2.75, 3.05) is 13.1 Å². The predicted molar refractivity (Wildman–Crippen MR) is 621 cm³/mol. The van der Waals surface area contributed by atoms with Crippen LogP contribution in [0.25, 0.3) is 104 Å². The highest BCUT2D eigenvalue weighted by molar-refractivity contribution is 8.01. The summed E-state index contributed by atoms with van der Waals surface area (Å²) in [6.07, 6.45) is 45.1. The molecule has 0 spiro atoms. The summed E-state index contributed by atoms with van der Waals surface area (Å²) in [6.45, 7) is 38.8. The first-order valence-electron chi connectivity index (χ1n) is 55.5. The molecule has 0 aliphatic carbocycles. The summed E-state index contributed by atoms with van der Waals surface area (Å²) in [5.74, 6) is 0.999. The van der Waals surface area contributed by atoms with Gasteiger partial charge in [-0.15, -0.1) is 97.7 Å². The summed E-state index contributed by atoms with van der Waals surface area (Å²) in [7, 11) is 0. The van der Waals surface area contributed by atoms with Crippen molar-refractivity contribution in [1.82, 2.24) is 9.80 Å². The van der Waals surface area contributed by atoms with E-state index < -0.39 is 27.4 Å². The van der Waals surface area contributed by atoms with Crippen LogP contribution >= 0.6 is 91.1 Å². The Morgan fingerprint density at radius 3 is 1.58 bits per heavy atom. The van der Waals surface area contributed by atoms with Gasteiger partial charge in [-0.3, -0.25) is 29.0 Å². The average Bonchev–Trinajstić information content (AvgIpc) is 1.52. The van der Waals surface area contributed by atoms with Gasteiger partial charge in [0.2, 0.25) is 11.8 Å². The van der Waals surface area contributed by atoms with Gasteiger partial charge in [-0.1, -0.05) is 392 Å². The Balaban J connectivity index is 0.933. The number of thiophene rings is 7. The van der Waals surface area contributed by atoms with Crippen LogP contribution in [0.2, 0.25) is 0 Å². The highest BCUT2D eigenvalue weighted by Gasteiger charge is 2.58. The van der Waals surface area contributed by atoms with Crippen LogP contribution in [0.1, 0.15) is 414 Å². The molecule has 1 saturated heterocycles. The number of thioether (sulfide) groups is 1. The van der Waals surface area contributed by atoms with Crippen LogP contribution in [0.5, 0.6) is 0 Å². The maximum absolute atomic E-state index is 16.5. The molecule has 8 unspecified atom stereocenters. The predicted octanol–water partition coefficient (Wildman–Crippen LogP) is 40.6. The Morgan fingerprint density at radius 2 is 0.972 bits per heavy atom. The van der Waals surface area contributed by atoms with E-state index in [1.165, 1.54) is 212 Å². The zero-order chi connectivity index (χ0) is 98.9. The number of carbonyl (C=O) groups is 4. The fourth-order valence-corrected chi connectivity index (χ4v) is 37.0. The third kappa shape index (κ3) is 20.5. The van der Waals surface area contributed by atoms with E-state index in [2.05, 4.69) is 267 Å². The van der Waals surface area contributed by atoms with Gasteiger partial charge in [-0.25, -0.2) is 0 Å². The number of unbranched alkanes of at least 4 members (excludes halogenated alkanes) is 18. The second kappa shape index (κ2) is 47.2. The van der Waals surface area contributed by atoms with Gasteiger partial charge < -0.3 is 0 Å². The van der Waals surface area contributed by atoms with Crippen LogP contribution in [0, 0.1) is 17.8 Å². The second-order valence-electron chi connectivity index (χ2n) is 43.2. The molecule has 7 aromatic carbocycles. The van der Waals surface area contributed by atoms with Gasteiger partial charge in [0, 0.05) is 121 Å². The lowest BCUT2D eigenvalue weighted by Gasteiger charge is -2.49. The van der Waals surface area contributed by atoms with Gasteiger partial charge in [0.05, 0.1) is 25.9 Å². The monoisotopic (exact) mass is 2030 g/mol. The largest absolute Gasteiger partial charge is 0.281 e. The number of rotatable bonds is 57. The molecule has 14 aromatic rings. The van der Waals surface area contributed by atoms with Gasteiger partial charge in [0.1, 0.15) is 10.1 Å². The molecule has 10 heterocycles. The van der Waals surface area contributed by atoms with Crippen molar-refractivity contribution < 1.29 is 19.2 Å². The zero-order valence-corrected chi connectivity index (χ0v) is 94.1. The number of benzene rings is 7. The quantitative estimate of drug-likeness (QED) is 0.0164. The first-order chi connectivity index (χ1) is 68.7. The fourth-order valence-electron chi connectivity index (χ4n) is 25.3. The number of hydrogen-bond acceptors (Lipinski definition) is 12. The average molecular weight is 2030 g/mol. The fraction of sp³-hybridized carbons (Fsp3) is 0.512. The lowest BCUT2D eigenvalue weighted by molar-refractivity contribution is -0.138. The number of nitrogens with zero attached hydrogens (tertiary/aromatic N) is 2. The molecule has 6 nitrogen and oxygen atoms in total. The number of imide groups is 2. The summed E-state index contributed by atoms with van der Waals surface area (Å²) in [4.78, 5) is 82.1. The Morgan fingerprint density at radius 1 is 0.411 bits per heavy atom.